The van der Waals surface area contributed by atoms with E-state index in [1.807, 2.05) is 0 Å². The standard InChI is InChI=1S/C12H10N2O3/c1-8-5-9(12(15)16)6-14-11(8)17-10-3-2-4-13-7-10/h2-7H,1H3,(H,15,16). The maximum absolute atomic E-state index is 10.7. The Labute approximate surface area is 97.7 Å². The number of carbonyl (C=O) groups is 1. The highest BCUT2D eigenvalue weighted by molar-refractivity contribution is 5.87. The van der Waals surface area contributed by atoms with E-state index >= 15 is 0 Å². The Kier molecular flexibility index (Phi) is 3.00. The molecule has 0 bridgehead atoms. The maximum atomic E-state index is 10.7. The number of carboxylic acids is 1. The Hall–Kier alpha value is -2.43. The third kappa shape index (κ3) is 2.57. The average molecular weight is 230 g/mol. The molecule has 0 aliphatic rings. The zero-order chi connectivity index (χ0) is 12.3. The summed E-state index contributed by atoms with van der Waals surface area (Å²) in [6.45, 7) is 1.74. The van der Waals surface area contributed by atoms with Gasteiger partial charge in [0.2, 0.25) is 5.88 Å². The van der Waals surface area contributed by atoms with Gasteiger partial charge in [0.05, 0.1) is 11.8 Å². The van der Waals surface area contributed by atoms with Gasteiger partial charge < -0.3 is 9.84 Å². The summed E-state index contributed by atoms with van der Waals surface area (Å²) in [6, 6.07) is 5.01. The van der Waals surface area contributed by atoms with Crippen LogP contribution in [-0.2, 0) is 0 Å². The molecule has 5 nitrogen and oxygen atoms in total. The minimum absolute atomic E-state index is 0.140. The highest BCUT2D eigenvalue weighted by atomic mass is 16.5. The normalized spacial score (nSPS) is 9.94. The maximum Gasteiger partial charge on any atom is 0.337 e. The lowest BCUT2D eigenvalue weighted by Gasteiger charge is -2.07. The topological polar surface area (TPSA) is 72.3 Å². The van der Waals surface area contributed by atoms with Crippen LogP contribution in [-0.4, -0.2) is 21.0 Å². The van der Waals surface area contributed by atoms with Gasteiger partial charge in [0, 0.05) is 18.0 Å². The number of aryl methyl sites for hydroxylation is 1. The molecule has 0 atom stereocenters. The fourth-order valence-corrected chi connectivity index (χ4v) is 1.31. The van der Waals surface area contributed by atoms with Crippen LogP contribution in [0.25, 0.3) is 0 Å². The number of aromatic carboxylic acids is 1. The van der Waals surface area contributed by atoms with Crippen LogP contribution in [0.15, 0.2) is 36.8 Å². The van der Waals surface area contributed by atoms with Gasteiger partial charge in [0.25, 0.3) is 0 Å². The summed E-state index contributed by atoms with van der Waals surface area (Å²) < 4.78 is 5.48. The molecule has 0 unspecified atom stereocenters. The van der Waals surface area contributed by atoms with Crippen molar-refractivity contribution in [1.29, 1.82) is 0 Å². The lowest BCUT2D eigenvalue weighted by Crippen LogP contribution is -1.99. The molecular weight excluding hydrogens is 220 g/mol. The number of pyridine rings is 2. The molecule has 0 aliphatic heterocycles. The van der Waals surface area contributed by atoms with Gasteiger partial charge in [-0.1, -0.05) is 0 Å². The number of rotatable bonds is 3. The second-order valence-electron chi connectivity index (χ2n) is 3.44. The van der Waals surface area contributed by atoms with Crippen LogP contribution >= 0.6 is 0 Å². The molecular formula is C12H10N2O3. The van der Waals surface area contributed by atoms with Gasteiger partial charge in [-0.25, -0.2) is 9.78 Å². The molecule has 0 saturated heterocycles. The summed E-state index contributed by atoms with van der Waals surface area (Å²) in [7, 11) is 0. The SMILES string of the molecule is Cc1cc(C(=O)O)cnc1Oc1cccnc1. The third-order valence-electron chi connectivity index (χ3n) is 2.13. The first-order chi connectivity index (χ1) is 8.16. The Bertz CT molecular complexity index is 541. The fourth-order valence-electron chi connectivity index (χ4n) is 1.31. The van der Waals surface area contributed by atoms with Crippen LogP contribution in [0.2, 0.25) is 0 Å². The number of ether oxygens (including phenoxy) is 1. The van der Waals surface area contributed by atoms with Crippen molar-refractivity contribution < 1.29 is 14.6 Å². The fraction of sp³-hybridized carbons (Fsp3) is 0.0833. The molecule has 0 saturated carbocycles. The molecule has 1 N–H and O–H groups in total. The molecule has 17 heavy (non-hydrogen) atoms. The smallest absolute Gasteiger partial charge is 0.337 e. The van der Waals surface area contributed by atoms with E-state index in [2.05, 4.69) is 9.97 Å². The van der Waals surface area contributed by atoms with Crippen molar-refractivity contribution in [2.45, 2.75) is 6.92 Å². The molecule has 2 heterocycles. The zero-order valence-electron chi connectivity index (χ0n) is 9.12. The lowest BCUT2D eigenvalue weighted by atomic mass is 10.2. The molecule has 2 aromatic rings. The molecule has 86 valence electrons. The van der Waals surface area contributed by atoms with Gasteiger partial charge >= 0.3 is 5.97 Å². The van der Waals surface area contributed by atoms with Crippen molar-refractivity contribution in [1.82, 2.24) is 9.97 Å². The van der Waals surface area contributed by atoms with E-state index in [-0.39, 0.29) is 5.56 Å². The van der Waals surface area contributed by atoms with Crippen molar-refractivity contribution in [3.8, 4) is 11.6 Å². The summed E-state index contributed by atoms with van der Waals surface area (Å²) in [6.07, 6.45) is 4.47. The monoisotopic (exact) mass is 230 g/mol. The van der Waals surface area contributed by atoms with E-state index in [4.69, 9.17) is 9.84 Å². The van der Waals surface area contributed by atoms with Crippen molar-refractivity contribution in [3.05, 3.63) is 47.9 Å². The number of hydrogen-bond acceptors (Lipinski definition) is 4. The second kappa shape index (κ2) is 4.61. The predicted molar refractivity (Wildman–Crippen MR) is 60.2 cm³/mol. The third-order valence-corrected chi connectivity index (χ3v) is 2.13. The molecule has 0 radical (unpaired) electrons. The minimum atomic E-state index is -1.01. The number of hydrogen-bond donors (Lipinski definition) is 1. The number of aromatic nitrogens is 2. The van der Waals surface area contributed by atoms with E-state index in [9.17, 15) is 4.79 Å². The van der Waals surface area contributed by atoms with Crippen LogP contribution in [0.4, 0.5) is 0 Å². The van der Waals surface area contributed by atoms with Crippen LogP contribution in [0.5, 0.6) is 11.6 Å². The van der Waals surface area contributed by atoms with Crippen LogP contribution in [0.3, 0.4) is 0 Å². The van der Waals surface area contributed by atoms with E-state index in [0.29, 0.717) is 17.2 Å². The van der Waals surface area contributed by atoms with Crippen LogP contribution < -0.4 is 4.74 Å². The van der Waals surface area contributed by atoms with Gasteiger partial charge in [-0.3, -0.25) is 4.98 Å². The molecule has 2 aromatic heterocycles. The van der Waals surface area contributed by atoms with Gasteiger partial charge in [-0.05, 0) is 25.1 Å². The van der Waals surface area contributed by atoms with Crippen molar-refractivity contribution in [2.24, 2.45) is 0 Å². The highest BCUT2D eigenvalue weighted by Crippen LogP contribution is 2.22. The van der Waals surface area contributed by atoms with E-state index < -0.39 is 5.97 Å². The molecule has 0 aliphatic carbocycles. The number of carboxylic acid groups (broad SMARTS) is 1. The Morgan fingerprint density at radius 3 is 2.82 bits per heavy atom. The van der Waals surface area contributed by atoms with Gasteiger partial charge in [0.1, 0.15) is 5.75 Å². The molecule has 0 spiro atoms. The van der Waals surface area contributed by atoms with Crippen molar-refractivity contribution in [2.75, 3.05) is 0 Å². The lowest BCUT2D eigenvalue weighted by molar-refractivity contribution is 0.0696. The van der Waals surface area contributed by atoms with Gasteiger partial charge in [-0.15, -0.1) is 0 Å². The number of nitrogens with zero attached hydrogens (tertiary/aromatic N) is 2. The van der Waals surface area contributed by atoms with Crippen LogP contribution in [0, 0.1) is 6.92 Å². The van der Waals surface area contributed by atoms with Crippen LogP contribution in [0.1, 0.15) is 15.9 Å². The Balaban J connectivity index is 2.26. The Morgan fingerprint density at radius 2 is 2.24 bits per heavy atom. The first-order valence-corrected chi connectivity index (χ1v) is 4.94. The minimum Gasteiger partial charge on any atom is -0.478 e. The molecule has 0 aromatic carbocycles. The van der Waals surface area contributed by atoms with Crippen molar-refractivity contribution >= 4 is 5.97 Å². The van der Waals surface area contributed by atoms with E-state index in [0.717, 1.165) is 0 Å². The molecule has 5 heteroatoms. The average Bonchev–Trinajstić information content (AvgIpc) is 2.33. The van der Waals surface area contributed by atoms with Crippen molar-refractivity contribution in [3.63, 3.8) is 0 Å². The first-order valence-electron chi connectivity index (χ1n) is 4.94. The quantitative estimate of drug-likeness (QED) is 0.875. The molecule has 0 fully saturated rings. The van der Waals surface area contributed by atoms with Gasteiger partial charge in [-0.2, -0.15) is 0 Å². The molecule has 2 rings (SSSR count). The second-order valence-corrected chi connectivity index (χ2v) is 3.44. The zero-order valence-corrected chi connectivity index (χ0v) is 9.12. The Morgan fingerprint density at radius 1 is 1.41 bits per heavy atom. The summed E-state index contributed by atoms with van der Waals surface area (Å²) >= 11 is 0. The first kappa shape index (κ1) is 11.1. The van der Waals surface area contributed by atoms with E-state index in [1.54, 1.807) is 31.5 Å². The highest BCUT2D eigenvalue weighted by Gasteiger charge is 2.08. The largest absolute Gasteiger partial charge is 0.478 e. The summed E-state index contributed by atoms with van der Waals surface area (Å²) in [5.74, 6) is -0.0669. The summed E-state index contributed by atoms with van der Waals surface area (Å²) in [5.41, 5.74) is 0.801. The molecule has 0 amide bonds. The van der Waals surface area contributed by atoms with E-state index in [1.165, 1.54) is 12.3 Å². The summed E-state index contributed by atoms with van der Waals surface area (Å²) in [4.78, 5) is 18.6. The predicted octanol–water partition coefficient (Wildman–Crippen LogP) is 2.28. The summed E-state index contributed by atoms with van der Waals surface area (Å²) in [5, 5.41) is 8.80. The van der Waals surface area contributed by atoms with Gasteiger partial charge in [0.15, 0.2) is 0 Å².